The number of nitrogens with one attached hydrogen (secondary N) is 4. The summed E-state index contributed by atoms with van der Waals surface area (Å²) in [6, 6.07) is 10.8. The molecule has 6 heteroatoms. The Balaban J connectivity index is 2.22. The second kappa shape index (κ2) is 8.76. The first-order chi connectivity index (χ1) is 11.7. The standard InChI is InChI=1S/C18H24N4O2/c1-3-11-19-17(23)21-15-9-5-8-14-13(15)7-6-10-16(14)22-18(24)20-12-4-2/h5-10H,3-4,11-12H2,1-2H3,(H2,19,21,23)(H2,20,22,24). The number of fused-ring (bicyclic) bond motifs is 1. The van der Waals surface area contributed by atoms with Crippen molar-refractivity contribution in [1.29, 1.82) is 0 Å². The zero-order chi connectivity index (χ0) is 17.4. The van der Waals surface area contributed by atoms with E-state index in [1.165, 1.54) is 0 Å². The van der Waals surface area contributed by atoms with Crippen LogP contribution in [0.5, 0.6) is 0 Å². The molecule has 128 valence electrons. The number of amides is 4. The van der Waals surface area contributed by atoms with E-state index in [9.17, 15) is 9.59 Å². The highest BCUT2D eigenvalue weighted by molar-refractivity contribution is 6.08. The lowest BCUT2D eigenvalue weighted by Crippen LogP contribution is -2.29. The first-order valence-corrected chi connectivity index (χ1v) is 8.27. The van der Waals surface area contributed by atoms with Gasteiger partial charge in [0.15, 0.2) is 0 Å². The van der Waals surface area contributed by atoms with Crippen LogP contribution in [0.2, 0.25) is 0 Å². The molecule has 2 aromatic carbocycles. The van der Waals surface area contributed by atoms with Crippen LogP contribution in [0.1, 0.15) is 26.7 Å². The molecule has 4 N–H and O–H groups in total. The first-order valence-electron chi connectivity index (χ1n) is 8.27. The Morgan fingerprint density at radius 2 is 1.17 bits per heavy atom. The van der Waals surface area contributed by atoms with E-state index in [1.807, 2.05) is 50.2 Å². The average molecular weight is 328 g/mol. The van der Waals surface area contributed by atoms with Gasteiger partial charge in [0.2, 0.25) is 0 Å². The first kappa shape index (κ1) is 17.6. The summed E-state index contributed by atoms with van der Waals surface area (Å²) in [5.74, 6) is 0. The van der Waals surface area contributed by atoms with Gasteiger partial charge < -0.3 is 21.3 Å². The van der Waals surface area contributed by atoms with E-state index in [4.69, 9.17) is 0 Å². The van der Waals surface area contributed by atoms with Crippen molar-refractivity contribution in [1.82, 2.24) is 10.6 Å². The van der Waals surface area contributed by atoms with Gasteiger partial charge in [-0.2, -0.15) is 0 Å². The molecule has 24 heavy (non-hydrogen) atoms. The number of urea groups is 2. The van der Waals surface area contributed by atoms with Crippen molar-refractivity contribution in [2.45, 2.75) is 26.7 Å². The summed E-state index contributed by atoms with van der Waals surface area (Å²) in [5, 5.41) is 13.0. The van der Waals surface area contributed by atoms with Crippen molar-refractivity contribution in [3.63, 3.8) is 0 Å². The molecule has 2 rings (SSSR count). The maximum absolute atomic E-state index is 11.9. The van der Waals surface area contributed by atoms with Crippen LogP contribution in [0.4, 0.5) is 21.0 Å². The molecule has 0 saturated carbocycles. The Hall–Kier alpha value is -2.76. The molecule has 4 amide bonds. The van der Waals surface area contributed by atoms with Crippen molar-refractivity contribution >= 4 is 34.2 Å². The van der Waals surface area contributed by atoms with Gasteiger partial charge in [-0.15, -0.1) is 0 Å². The Kier molecular flexibility index (Phi) is 6.42. The van der Waals surface area contributed by atoms with Gasteiger partial charge in [0.05, 0.1) is 11.4 Å². The molecule has 0 aliphatic carbocycles. The zero-order valence-electron chi connectivity index (χ0n) is 14.1. The van der Waals surface area contributed by atoms with Crippen LogP contribution < -0.4 is 21.3 Å². The van der Waals surface area contributed by atoms with E-state index in [0.29, 0.717) is 24.5 Å². The summed E-state index contributed by atoms with van der Waals surface area (Å²) in [4.78, 5) is 23.8. The highest BCUT2D eigenvalue weighted by Crippen LogP contribution is 2.29. The fourth-order valence-corrected chi connectivity index (χ4v) is 2.34. The number of anilines is 2. The zero-order valence-corrected chi connectivity index (χ0v) is 14.1. The lowest BCUT2D eigenvalue weighted by molar-refractivity contribution is 0.251. The second-order valence-corrected chi connectivity index (χ2v) is 5.47. The van der Waals surface area contributed by atoms with Gasteiger partial charge in [-0.3, -0.25) is 0 Å². The molecule has 0 aromatic heterocycles. The highest BCUT2D eigenvalue weighted by atomic mass is 16.2. The third-order valence-corrected chi connectivity index (χ3v) is 3.49. The quantitative estimate of drug-likeness (QED) is 0.648. The van der Waals surface area contributed by atoms with E-state index in [-0.39, 0.29) is 12.1 Å². The summed E-state index contributed by atoms with van der Waals surface area (Å²) in [6.45, 7) is 5.25. The summed E-state index contributed by atoms with van der Waals surface area (Å²) in [6.07, 6.45) is 1.76. The van der Waals surface area contributed by atoms with Crippen LogP contribution in [0.3, 0.4) is 0 Å². The summed E-state index contributed by atoms with van der Waals surface area (Å²) < 4.78 is 0. The van der Waals surface area contributed by atoms with Gasteiger partial charge in [-0.05, 0) is 25.0 Å². The molecule has 2 aromatic rings. The Morgan fingerprint density at radius 1 is 0.750 bits per heavy atom. The van der Waals surface area contributed by atoms with Crippen molar-refractivity contribution in [2.75, 3.05) is 23.7 Å². The molecule has 0 bridgehead atoms. The molecule has 0 fully saturated rings. The third-order valence-electron chi connectivity index (χ3n) is 3.49. The van der Waals surface area contributed by atoms with Gasteiger partial charge in [0.1, 0.15) is 0 Å². The molecule has 0 unspecified atom stereocenters. The van der Waals surface area contributed by atoms with Gasteiger partial charge in [-0.25, -0.2) is 9.59 Å². The third kappa shape index (κ3) is 4.62. The van der Waals surface area contributed by atoms with Crippen LogP contribution in [0.25, 0.3) is 10.8 Å². The fraction of sp³-hybridized carbons (Fsp3) is 0.333. The molecule has 0 spiro atoms. The van der Waals surface area contributed by atoms with E-state index in [2.05, 4.69) is 21.3 Å². The Morgan fingerprint density at radius 3 is 1.54 bits per heavy atom. The summed E-state index contributed by atoms with van der Waals surface area (Å²) in [5.41, 5.74) is 1.41. The fourth-order valence-electron chi connectivity index (χ4n) is 2.34. The van der Waals surface area contributed by atoms with E-state index >= 15 is 0 Å². The number of rotatable bonds is 6. The monoisotopic (exact) mass is 328 g/mol. The number of carbonyl (C=O) groups excluding carboxylic acids is 2. The maximum atomic E-state index is 11.9. The van der Waals surface area contributed by atoms with Crippen molar-refractivity contribution in [2.24, 2.45) is 0 Å². The minimum Gasteiger partial charge on any atom is -0.338 e. The maximum Gasteiger partial charge on any atom is 0.319 e. The molecule has 0 saturated heterocycles. The normalized spacial score (nSPS) is 10.2. The molecule has 0 atom stereocenters. The largest absolute Gasteiger partial charge is 0.338 e. The van der Waals surface area contributed by atoms with E-state index in [1.54, 1.807) is 0 Å². The predicted molar refractivity (Wildman–Crippen MR) is 98.6 cm³/mol. The highest BCUT2D eigenvalue weighted by Gasteiger charge is 2.09. The Labute approximate surface area is 142 Å². The summed E-state index contributed by atoms with van der Waals surface area (Å²) in [7, 11) is 0. The van der Waals surface area contributed by atoms with Gasteiger partial charge in [0.25, 0.3) is 0 Å². The molecule has 0 aliphatic heterocycles. The molecule has 0 radical (unpaired) electrons. The van der Waals surface area contributed by atoms with Gasteiger partial charge in [0, 0.05) is 23.9 Å². The predicted octanol–water partition coefficient (Wildman–Crippen LogP) is 3.90. The van der Waals surface area contributed by atoms with Crippen molar-refractivity contribution < 1.29 is 9.59 Å². The van der Waals surface area contributed by atoms with Crippen LogP contribution in [0.15, 0.2) is 36.4 Å². The number of hydrogen-bond donors (Lipinski definition) is 4. The molecule has 6 nitrogen and oxygen atoms in total. The number of benzene rings is 2. The second-order valence-electron chi connectivity index (χ2n) is 5.47. The van der Waals surface area contributed by atoms with Gasteiger partial charge in [-0.1, -0.05) is 38.1 Å². The lowest BCUT2D eigenvalue weighted by atomic mass is 10.1. The topological polar surface area (TPSA) is 82.3 Å². The van der Waals surface area contributed by atoms with E-state index < -0.39 is 0 Å². The van der Waals surface area contributed by atoms with Crippen LogP contribution >= 0.6 is 0 Å². The number of hydrogen-bond acceptors (Lipinski definition) is 2. The lowest BCUT2D eigenvalue weighted by Gasteiger charge is -2.13. The smallest absolute Gasteiger partial charge is 0.319 e. The van der Waals surface area contributed by atoms with Crippen LogP contribution in [-0.2, 0) is 0 Å². The Bertz CT molecular complexity index is 654. The van der Waals surface area contributed by atoms with Crippen molar-refractivity contribution in [3.05, 3.63) is 36.4 Å². The molecular formula is C18H24N4O2. The summed E-state index contributed by atoms with van der Waals surface area (Å²) >= 11 is 0. The SMILES string of the molecule is CCCNC(=O)Nc1cccc2c(NC(=O)NCCC)cccc12. The van der Waals surface area contributed by atoms with Gasteiger partial charge >= 0.3 is 12.1 Å². The minimum absolute atomic E-state index is 0.233. The number of carbonyl (C=O) groups is 2. The van der Waals surface area contributed by atoms with Crippen molar-refractivity contribution in [3.8, 4) is 0 Å². The molecule has 0 aliphatic rings. The van der Waals surface area contributed by atoms with Crippen LogP contribution in [-0.4, -0.2) is 25.2 Å². The molecular weight excluding hydrogens is 304 g/mol. The molecule has 0 heterocycles. The minimum atomic E-state index is -0.233. The average Bonchev–Trinajstić information content (AvgIpc) is 2.59. The van der Waals surface area contributed by atoms with E-state index in [0.717, 1.165) is 23.6 Å². The van der Waals surface area contributed by atoms with Crippen LogP contribution in [0, 0.1) is 0 Å².